The molecule has 0 aliphatic rings. The monoisotopic (exact) mass is 241 g/mol. The molecule has 0 aliphatic carbocycles. The Hall–Kier alpha value is -0.940. The topological polar surface area (TPSA) is 68.0 Å². The first-order chi connectivity index (χ1) is 7.50. The van der Waals surface area contributed by atoms with Crippen LogP contribution in [0.15, 0.2) is 6.20 Å². The van der Waals surface area contributed by atoms with E-state index in [9.17, 15) is 4.79 Å². The zero-order chi connectivity index (χ0) is 12.2. The van der Waals surface area contributed by atoms with Crippen LogP contribution in [0.5, 0.6) is 0 Å². The molecule has 90 valence electrons. The number of thiazole rings is 1. The third-order valence-corrected chi connectivity index (χ3v) is 3.77. The molecule has 16 heavy (non-hydrogen) atoms. The first-order valence-corrected chi connectivity index (χ1v) is 6.32. The van der Waals surface area contributed by atoms with Gasteiger partial charge in [0, 0.05) is 12.1 Å². The molecule has 0 saturated carbocycles. The van der Waals surface area contributed by atoms with Gasteiger partial charge >= 0.3 is 0 Å². The van der Waals surface area contributed by atoms with Crippen LogP contribution in [0, 0.1) is 6.92 Å². The lowest BCUT2D eigenvalue weighted by Crippen LogP contribution is -2.49. The van der Waals surface area contributed by atoms with Crippen molar-refractivity contribution >= 4 is 17.2 Å². The molecule has 1 aromatic heterocycles. The van der Waals surface area contributed by atoms with E-state index in [2.05, 4.69) is 10.3 Å². The van der Waals surface area contributed by atoms with E-state index in [1.54, 1.807) is 6.20 Å². The molecule has 1 heterocycles. The lowest BCUT2D eigenvalue weighted by atomic mass is 9.94. The number of rotatable bonds is 5. The third-order valence-electron chi connectivity index (χ3n) is 2.85. The van der Waals surface area contributed by atoms with Crippen LogP contribution in [-0.2, 0) is 0 Å². The van der Waals surface area contributed by atoms with Gasteiger partial charge in [0.2, 0.25) is 0 Å². The molecule has 5 heteroatoms. The van der Waals surface area contributed by atoms with Gasteiger partial charge in [-0.3, -0.25) is 4.79 Å². The van der Waals surface area contributed by atoms with E-state index in [1.165, 1.54) is 11.3 Å². The summed E-state index contributed by atoms with van der Waals surface area (Å²) >= 11 is 1.40. The average molecular weight is 241 g/mol. The van der Waals surface area contributed by atoms with Crippen LogP contribution in [0.2, 0.25) is 0 Å². The smallest absolute Gasteiger partial charge is 0.263 e. The summed E-state index contributed by atoms with van der Waals surface area (Å²) < 4.78 is 0. The maximum atomic E-state index is 11.7. The number of nitrogens with zero attached hydrogens (tertiary/aromatic N) is 1. The van der Waals surface area contributed by atoms with Crippen molar-refractivity contribution in [3.8, 4) is 0 Å². The fourth-order valence-electron chi connectivity index (χ4n) is 1.31. The molecule has 0 atom stereocenters. The second kappa shape index (κ2) is 5.41. The zero-order valence-electron chi connectivity index (χ0n) is 10.0. The minimum atomic E-state index is -0.296. The van der Waals surface area contributed by atoms with Gasteiger partial charge in [-0.15, -0.1) is 11.3 Å². The number of nitrogens with one attached hydrogen (secondary N) is 1. The van der Waals surface area contributed by atoms with Crippen LogP contribution < -0.4 is 11.1 Å². The molecular weight excluding hydrogens is 222 g/mol. The van der Waals surface area contributed by atoms with Crippen molar-refractivity contribution < 1.29 is 4.79 Å². The Bertz CT molecular complexity index is 358. The number of carbonyl (C=O) groups excluding carboxylic acids is 1. The molecule has 0 spiro atoms. The van der Waals surface area contributed by atoms with E-state index in [1.807, 2.05) is 20.8 Å². The van der Waals surface area contributed by atoms with Gasteiger partial charge in [0.1, 0.15) is 4.88 Å². The minimum absolute atomic E-state index is 0.0812. The summed E-state index contributed by atoms with van der Waals surface area (Å²) in [5, 5.41) is 3.76. The van der Waals surface area contributed by atoms with Gasteiger partial charge in [-0.2, -0.15) is 0 Å². The van der Waals surface area contributed by atoms with Crippen LogP contribution in [0.1, 0.15) is 41.4 Å². The summed E-state index contributed by atoms with van der Waals surface area (Å²) in [6.45, 7) is 6.46. The average Bonchev–Trinajstić information content (AvgIpc) is 2.72. The molecule has 1 amide bonds. The molecule has 3 N–H and O–H groups in total. The summed E-state index contributed by atoms with van der Waals surface area (Å²) in [5.74, 6) is -0.0812. The summed E-state index contributed by atoms with van der Waals surface area (Å²) in [4.78, 5) is 16.4. The van der Waals surface area contributed by atoms with Gasteiger partial charge in [-0.25, -0.2) is 4.98 Å². The maximum Gasteiger partial charge on any atom is 0.263 e. The van der Waals surface area contributed by atoms with Gasteiger partial charge in [-0.05, 0) is 19.8 Å². The predicted molar refractivity (Wildman–Crippen MR) is 66.7 cm³/mol. The van der Waals surface area contributed by atoms with Crippen molar-refractivity contribution in [2.24, 2.45) is 5.73 Å². The molecule has 0 saturated heterocycles. The van der Waals surface area contributed by atoms with Crippen molar-refractivity contribution in [2.75, 3.05) is 6.54 Å². The number of nitrogens with two attached hydrogens (primary N) is 1. The molecular formula is C11H19N3OS. The normalized spacial score (nSPS) is 11.5. The standard InChI is InChI=1S/C11H19N3OS/c1-4-11(12,5-2)7-14-10(15)9-6-13-8(3)16-9/h6H,4-5,7,12H2,1-3H3,(H,14,15). The molecule has 4 nitrogen and oxygen atoms in total. The van der Waals surface area contributed by atoms with Crippen LogP contribution in [0.4, 0.5) is 0 Å². The number of hydrogen-bond donors (Lipinski definition) is 2. The number of carbonyl (C=O) groups is 1. The fourth-order valence-corrected chi connectivity index (χ4v) is 2.00. The van der Waals surface area contributed by atoms with Gasteiger partial charge in [-0.1, -0.05) is 13.8 Å². The van der Waals surface area contributed by atoms with Crippen molar-refractivity contribution in [3.05, 3.63) is 16.1 Å². The molecule has 0 bridgehead atoms. The second-order valence-corrected chi connectivity index (χ2v) is 5.23. The number of hydrogen-bond acceptors (Lipinski definition) is 4. The molecule has 0 aliphatic heterocycles. The highest BCUT2D eigenvalue weighted by molar-refractivity contribution is 7.13. The molecule has 0 aromatic carbocycles. The van der Waals surface area contributed by atoms with Crippen LogP contribution in [-0.4, -0.2) is 23.0 Å². The Labute approximate surface area is 100 Å². The quantitative estimate of drug-likeness (QED) is 0.824. The van der Waals surface area contributed by atoms with Crippen LogP contribution in [0.25, 0.3) is 0 Å². The first kappa shape index (κ1) is 13.1. The lowest BCUT2D eigenvalue weighted by Gasteiger charge is -2.26. The highest BCUT2D eigenvalue weighted by Crippen LogP contribution is 2.13. The van der Waals surface area contributed by atoms with Gasteiger partial charge in [0.05, 0.1) is 11.2 Å². The van der Waals surface area contributed by atoms with Gasteiger partial charge < -0.3 is 11.1 Å². The van der Waals surface area contributed by atoms with E-state index in [0.29, 0.717) is 11.4 Å². The van der Waals surface area contributed by atoms with Crippen molar-refractivity contribution in [2.45, 2.75) is 39.2 Å². The second-order valence-electron chi connectivity index (χ2n) is 4.00. The van der Waals surface area contributed by atoms with Gasteiger partial charge in [0.25, 0.3) is 5.91 Å². The van der Waals surface area contributed by atoms with Crippen LogP contribution >= 0.6 is 11.3 Å². The SMILES string of the molecule is CCC(N)(CC)CNC(=O)c1cnc(C)s1. The fraction of sp³-hybridized carbons (Fsp3) is 0.636. The van der Waals surface area contributed by atoms with Gasteiger partial charge in [0.15, 0.2) is 0 Å². The highest BCUT2D eigenvalue weighted by atomic mass is 32.1. The van der Waals surface area contributed by atoms with Crippen LogP contribution in [0.3, 0.4) is 0 Å². The number of aryl methyl sites for hydroxylation is 1. The molecule has 0 fully saturated rings. The first-order valence-electron chi connectivity index (χ1n) is 5.50. The summed E-state index contributed by atoms with van der Waals surface area (Å²) in [5.41, 5.74) is 5.80. The zero-order valence-corrected chi connectivity index (χ0v) is 10.9. The van der Waals surface area contributed by atoms with Crippen molar-refractivity contribution in [1.29, 1.82) is 0 Å². The van der Waals surface area contributed by atoms with E-state index in [4.69, 9.17) is 5.73 Å². The summed E-state index contributed by atoms with van der Waals surface area (Å²) in [6.07, 6.45) is 3.31. The summed E-state index contributed by atoms with van der Waals surface area (Å²) in [7, 11) is 0. The van der Waals surface area contributed by atoms with E-state index in [-0.39, 0.29) is 11.4 Å². The third kappa shape index (κ3) is 3.28. The van der Waals surface area contributed by atoms with Crippen molar-refractivity contribution in [3.63, 3.8) is 0 Å². The number of aromatic nitrogens is 1. The Balaban J connectivity index is 2.53. The minimum Gasteiger partial charge on any atom is -0.349 e. The Morgan fingerprint density at radius 3 is 2.62 bits per heavy atom. The van der Waals surface area contributed by atoms with E-state index < -0.39 is 0 Å². The number of amides is 1. The highest BCUT2D eigenvalue weighted by Gasteiger charge is 2.21. The lowest BCUT2D eigenvalue weighted by molar-refractivity contribution is 0.0946. The van der Waals surface area contributed by atoms with Crippen molar-refractivity contribution in [1.82, 2.24) is 10.3 Å². The predicted octanol–water partition coefficient (Wildman–Crippen LogP) is 1.70. The summed E-state index contributed by atoms with van der Waals surface area (Å²) in [6, 6.07) is 0. The van der Waals surface area contributed by atoms with E-state index in [0.717, 1.165) is 17.8 Å². The maximum absolute atomic E-state index is 11.7. The molecule has 0 unspecified atom stereocenters. The largest absolute Gasteiger partial charge is 0.349 e. The Kier molecular flexibility index (Phi) is 4.44. The molecule has 1 aromatic rings. The Morgan fingerprint density at radius 1 is 1.56 bits per heavy atom. The Morgan fingerprint density at radius 2 is 2.19 bits per heavy atom. The van der Waals surface area contributed by atoms with E-state index >= 15 is 0 Å². The molecule has 1 rings (SSSR count). The molecule has 0 radical (unpaired) electrons.